The monoisotopic (exact) mass is 585 g/mol. The minimum absolute atomic E-state index is 0.0105. The van der Waals surface area contributed by atoms with Gasteiger partial charge in [-0.1, -0.05) is 41.6 Å². The van der Waals surface area contributed by atoms with Gasteiger partial charge in [0.1, 0.15) is 15.4 Å². The van der Waals surface area contributed by atoms with Crippen LogP contribution in [0.2, 0.25) is 5.02 Å². The number of benzene rings is 1. The Kier molecular flexibility index (Phi) is 8.04. The number of ether oxygens (including phenoxy) is 1. The van der Waals surface area contributed by atoms with Crippen LogP contribution >= 0.6 is 46.0 Å². The van der Waals surface area contributed by atoms with Crippen molar-refractivity contribution in [3.8, 4) is 11.1 Å². The van der Waals surface area contributed by atoms with E-state index in [0.29, 0.717) is 38.2 Å². The maximum atomic E-state index is 13.3. The molecule has 1 N–H and O–H groups in total. The van der Waals surface area contributed by atoms with Crippen LogP contribution in [-0.4, -0.2) is 33.8 Å². The first kappa shape index (κ1) is 26.7. The number of fused-ring (bicyclic) bond motifs is 3. The second-order valence-corrected chi connectivity index (χ2v) is 11.9. The van der Waals surface area contributed by atoms with Crippen LogP contribution in [0, 0.1) is 0 Å². The predicted octanol–water partition coefficient (Wildman–Crippen LogP) is 6.42. The summed E-state index contributed by atoms with van der Waals surface area (Å²) in [5.74, 6) is -0.825. The van der Waals surface area contributed by atoms with E-state index in [0.717, 1.165) is 35.2 Å². The first-order valence-corrected chi connectivity index (χ1v) is 15.1. The predicted molar refractivity (Wildman–Crippen MR) is 156 cm³/mol. The topological polar surface area (TPSA) is 90.3 Å². The number of hydrogen-bond donors (Lipinski definition) is 1. The molecule has 7 nitrogen and oxygen atoms in total. The summed E-state index contributed by atoms with van der Waals surface area (Å²) >= 11 is 10.0. The minimum atomic E-state index is -0.515. The highest BCUT2D eigenvalue weighted by Crippen LogP contribution is 2.38. The number of anilines is 1. The summed E-state index contributed by atoms with van der Waals surface area (Å²) in [5, 5.41) is 6.82. The zero-order valence-corrected chi connectivity index (χ0v) is 23.7. The van der Waals surface area contributed by atoms with Gasteiger partial charge in [-0.3, -0.25) is 14.2 Å². The molecule has 3 heterocycles. The number of hydrogen-bond acceptors (Lipinski definition) is 8. The van der Waals surface area contributed by atoms with Gasteiger partial charge >= 0.3 is 5.97 Å². The van der Waals surface area contributed by atoms with Gasteiger partial charge in [0.05, 0.1) is 17.7 Å². The third-order valence-corrected chi connectivity index (χ3v) is 9.42. The van der Waals surface area contributed by atoms with Crippen LogP contribution in [0.15, 0.2) is 52.3 Å². The zero-order chi connectivity index (χ0) is 26.8. The molecule has 1 aliphatic carbocycles. The molecule has 0 unspecified atom stereocenters. The van der Waals surface area contributed by atoms with Crippen molar-refractivity contribution in [2.75, 3.05) is 17.7 Å². The van der Waals surface area contributed by atoms with Crippen molar-refractivity contribution in [2.24, 2.45) is 0 Å². The van der Waals surface area contributed by atoms with Gasteiger partial charge in [-0.05, 0) is 49.4 Å². The van der Waals surface area contributed by atoms with Crippen LogP contribution < -0.4 is 10.9 Å². The third-order valence-electron chi connectivity index (χ3n) is 6.11. The Balaban J connectivity index is 1.39. The minimum Gasteiger partial charge on any atom is -0.462 e. The van der Waals surface area contributed by atoms with Crippen molar-refractivity contribution in [1.82, 2.24) is 9.55 Å². The Bertz CT molecular complexity index is 1600. The Morgan fingerprint density at radius 1 is 1.29 bits per heavy atom. The summed E-state index contributed by atoms with van der Waals surface area (Å²) in [7, 11) is 0. The fourth-order valence-electron chi connectivity index (χ4n) is 4.45. The number of allylic oxidation sites excluding steroid dienone is 1. The van der Waals surface area contributed by atoms with E-state index in [9.17, 15) is 14.4 Å². The van der Waals surface area contributed by atoms with E-state index >= 15 is 0 Å². The SMILES string of the molecule is C=CCn1c(SCC(=O)Nc2scc(-c3ccc(Cl)cc3)c2C(=O)OCC)nc2sc3c(c2c1=O)CCC3. The van der Waals surface area contributed by atoms with E-state index in [2.05, 4.69) is 11.9 Å². The van der Waals surface area contributed by atoms with Gasteiger partial charge in [0, 0.05) is 27.4 Å². The Hall–Kier alpha value is -2.92. The second kappa shape index (κ2) is 11.4. The molecule has 0 aliphatic heterocycles. The Labute approximate surface area is 236 Å². The maximum Gasteiger partial charge on any atom is 0.341 e. The fourth-order valence-corrected chi connectivity index (χ4v) is 7.66. The number of thioether (sulfide) groups is 1. The molecule has 0 saturated carbocycles. The molecule has 0 radical (unpaired) electrons. The highest BCUT2D eigenvalue weighted by atomic mass is 35.5. The van der Waals surface area contributed by atoms with E-state index < -0.39 is 5.97 Å². The molecule has 11 heteroatoms. The standard InChI is InChI=1S/C27H24ClN3O4S3/c1-3-12-31-25(33)21-17-6-5-7-19(17)38-24(21)30-27(31)37-14-20(32)29-23-22(26(34)35-4-2)18(13-36-23)15-8-10-16(28)11-9-15/h3,8-11,13H,1,4-7,12,14H2,2H3,(H,29,32). The van der Waals surface area contributed by atoms with Crippen molar-refractivity contribution in [1.29, 1.82) is 0 Å². The molecule has 4 aromatic rings. The molecule has 0 spiro atoms. The number of aromatic nitrogens is 2. The number of carbonyl (C=O) groups excluding carboxylic acids is 2. The van der Waals surface area contributed by atoms with Crippen molar-refractivity contribution in [3.63, 3.8) is 0 Å². The van der Waals surface area contributed by atoms with Crippen molar-refractivity contribution in [3.05, 3.63) is 73.7 Å². The van der Waals surface area contributed by atoms with Gasteiger partial charge in [0.2, 0.25) is 5.91 Å². The number of nitrogens with one attached hydrogen (secondary N) is 1. The van der Waals surface area contributed by atoms with E-state index in [4.69, 9.17) is 21.3 Å². The van der Waals surface area contributed by atoms with Gasteiger partial charge < -0.3 is 10.1 Å². The molecule has 5 rings (SSSR count). The van der Waals surface area contributed by atoms with Crippen LogP contribution in [0.5, 0.6) is 0 Å². The maximum absolute atomic E-state index is 13.3. The number of halogens is 1. The van der Waals surface area contributed by atoms with Gasteiger partial charge in [-0.15, -0.1) is 29.3 Å². The van der Waals surface area contributed by atoms with E-state index in [1.165, 1.54) is 28.0 Å². The van der Waals surface area contributed by atoms with E-state index in [1.54, 1.807) is 41.0 Å². The van der Waals surface area contributed by atoms with Crippen molar-refractivity contribution >= 4 is 73.1 Å². The van der Waals surface area contributed by atoms with Crippen molar-refractivity contribution < 1.29 is 14.3 Å². The van der Waals surface area contributed by atoms with Crippen LogP contribution in [-0.2, 0) is 28.9 Å². The lowest BCUT2D eigenvalue weighted by Gasteiger charge is -2.11. The van der Waals surface area contributed by atoms with Gasteiger partial charge in [0.15, 0.2) is 5.16 Å². The van der Waals surface area contributed by atoms with E-state index in [-0.39, 0.29) is 23.8 Å². The van der Waals surface area contributed by atoms with Crippen LogP contribution in [0.1, 0.15) is 34.1 Å². The average Bonchev–Trinajstić information content (AvgIpc) is 3.60. The lowest BCUT2D eigenvalue weighted by Crippen LogP contribution is -2.24. The molecule has 1 amide bonds. The molecule has 0 bridgehead atoms. The first-order chi connectivity index (χ1) is 18.4. The van der Waals surface area contributed by atoms with Crippen LogP contribution in [0.25, 0.3) is 21.3 Å². The molecule has 1 aliphatic rings. The molecular weight excluding hydrogens is 562 g/mol. The lowest BCUT2D eigenvalue weighted by molar-refractivity contribution is -0.113. The lowest BCUT2D eigenvalue weighted by atomic mass is 10.0. The molecular formula is C27H24ClN3O4S3. The molecule has 38 heavy (non-hydrogen) atoms. The van der Waals surface area contributed by atoms with Crippen molar-refractivity contribution in [2.45, 2.75) is 37.9 Å². The second-order valence-electron chi connectivity index (χ2n) is 8.55. The molecule has 196 valence electrons. The number of thiophene rings is 2. The highest BCUT2D eigenvalue weighted by Gasteiger charge is 2.25. The summed E-state index contributed by atoms with van der Waals surface area (Å²) in [6.45, 7) is 6.02. The molecule has 0 fully saturated rings. The van der Waals surface area contributed by atoms with Gasteiger partial charge in [0.25, 0.3) is 5.56 Å². The number of aryl methyl sites for hydroxylation is 2. The highest BCUT2D eigenvalue weighted by molar-refractivity contribution is 7.99. The summed E-state index contributed by atoms with van der Waals surface area (Å²) in [5.41, 5.74) is 2.78. The summed E-state index contributed by atoms with van der Waals surface area (Å²) in [6, 6.07) is 7.12. The van der Waals surface area contributed by atoms with E-state index in [1.807, 2.05) is 17.5 Å². The molecule has 3 aromatic heterocycles. The molecule has 1 aromatic carbocycles. The number of esters is 1. The number of carbonyl (C=O) groups is 2. The summed E-state index contributed by atoms with van der Waals surface area (Å²) in [4.78, 5) is 45.9. The Morgan fingerprint density at radius 3 is 2.82 bits per heavy atom. The summed E-state index contributed by atoms with van der Waals surface area (Å²) in [6.07, 6.45) is 4.59. The number of rotatable bonds is 9. The average molecular weight is 586 g/mol. The fraction of sp³-hybridized carbons (Fsp3) is 0.259. The number of amides is 1. The normalized spacial score (nSPS) is 12.5. The number of nitrogens with zero attached hydrogens (tertiary/aromatic N) is 2. The van der Waals surface area contributed by atoms with Gasteiger partial charge in [-0.25, -0.2) is 9.78 Å². The Morgan fingerprint density at radius 2 is 2.08 bits per heavy atom. The molecule has 0 saturated heterocycles. The molecule has 0 atom stereocenters. The van der Waals surface area contributed by atoms with Crippen LogP contribution in [0.4, 0.5) is 5.00 Å². The smallest absolute Gasteiger partial charge is 0.341 e. The van der Waals surface area contributed by atoms with Gasteiger partial charge in [-0.2, -0.15) is 0 Å². The third kappa shape index (κ3) is 5.18. The first-order valence-electron chi connectivity index (χ1n) is 12.0. The summed E-state index contributed by atoms with van der Waals surface area (Å²) < 4.78 is 6.85. The van der Waals surface area contributed by atoms with Crippen LogP contribution in [0.3, 0.4) is 0 Å². The zero-order valence-electron chi connectivity index (χ0n) is 20.5. The quantitative estimate of drug-likeness (QED) is 0.105. The largest absolute Gasteiger partial charge is 0.462 e.